The quantitative estimate of drug-likeness (QED) is 0.851. The topological polar surface area (TPSA) is 49.5 Å². The van der Waals surface area contributed by atoms with Crippen molar-refractivity contribution in [3.8, 4) is 0 Å². The maximum absolute atomic E-state index is 9.74. The zero-order valence-corrected chi connectivity index (χ0v) is 13.0. The maximum Gasteiger partial charge on any atom is 0.208 e. The van der Waals surface area contributed by atoms with Crippen molar-refractivity contribution in [1.29, 1.82) is 0 Å². The van der Waals surface area contributed by atoms with Crippen molar-refractivity contribution in [2.45, 2.75) is 39.9 Å². The molecule has 1 heterocycles. The van der Waals surface area contributed by atoms with Crippen LogP contribution in [0.3, 0.4) is 0 Å². The minimum atomic E-state index is 0.0809. The summed E-state index contributed by atoms with van der Waals surface area (Å²) in [5, 5.41) is 9.74. The Morgan fingerprint density at radius 3 is 2.43 bits per heavy atom. The van der Waals surface area contributed by atoms with Crippen LogP contribution in [0.1, 0.15) is 31.1 Å². The summed E-state index contributed by atoms with van der Waals surface area (Å²) < 4.78 is 5.59. The normalized spacial score (nSPS) is 13.0. The fraction of sp³-hybridized carbons (Fsp3) is 0.471. The number of nitrogens with zero attached hydrogens (tertiary/aromatic N) is 2. The van der Waals surface area contributed by atoms with E-state index in [1.165, 1.54) is 5.56 Å². The Balaban J connectivity index is 2.16. The number of hydrogen-bond donors (Lipinski definition) is 1. The van der Waals surface area contributed by atoms with Crippen LogP contribution in [-0.4, -0.2) is 27.6 Å². The maximum atomic E-state index is 9.74. The Morgan fingerprint density at radius 1 is 1.19 bits per heavy atom. The van der Waals surface area contributed by atoms with E-state index in [1.807, 2.05) is 25.1 Å². The number of aliphatic hydroxyl groups excluding tert-OH is 1. The third kappa shape index (κ3) is 4.41. The van der Waals surface area contributed by atoms with Gasteiger partial charge in [0.15, 0.2) is 0 Å². The predicted octanol–water partition coefficient (Wildman–Crippen LogP) is 3.00. The van der Waals surface area contributed by atoms with E-state index in [0.29, 0.717) is 18.4 Å². The third-order valence-corrected chi connectivity index (χ3v) is 3.66. The highest BCUT2D eigenvalue weighted by Crippen LogP contribution is 2.18. The second-order valence-corrected chi connectivity index (χ2v) is 5.75. The van der Waals surface area contributed by atoms with Crippen molar-refractivity contribution in [2.24, 2.45) is 5.92 Å². The molecule has 1 aromatic heterocycles. The van der Waals surface area contributed by atoms with Gasteiger partial charge in [0, 0.05) is 12.6 Å². The van der Waals surface area contributed by atoms with Crippen LogP contribution in [0.2, 0.25) is 0 Å². The Morgan fingerprint density at radius 2 is 1.90 bits per heavy atom. The van der Waals surface area contributed by atoms with Crippen molar-refractivity contribution in [1.82, 2.24) is 9.88 Å². The summed E-state index contributed by atoms with van der Waals surface area (Å²) >= 11 is 0. The Labute approximate surface area is 126 Å². The molecule has 1 atom stereocenters. The first-order valence-corrected chi connectivity index (χ1v) is 7.40. The molecule has 0 amide bonds. The summed E-state index contributed by atoms with van der Waals surface area (Å²) in [5.74, 6) is 1.87. The van der Waals surface area contributed by atoms with E-state index < -0.39 is 0 Å². The zero-order chi connectivity index (χ0) is 15.2. The van der Waals surface area contributed by atoms with Gasteiger partial charge in [-0.05, 0) is 18.4 Å². The SMILES string of the molecule is Cc1cnc(CN(Cc2ccccc2)C(CO)C(C)C)o1. The van der Waals surface area contributed by atoms with Crippen molar-refractivity contribution in [2.75, 3.05) is 6.61 Å². The molecule has 0 aliphatic carbocycles. The average Bonchev–Trinajstić information content (AvgIpc) is 2.85. The van der Waals surface area contributed by atoms with Crippen LogP contribution in [-0.2, 0) is 13.1 Å². The number of aliphatic hydroxyl groups is 1. The lowest BCUT2D eigenvalue weighted by Crippen LogP contribution is -2.40. The van der Waals surface area contributed by atoms with Crippen molar-refractivity contribution in [3.05, 3.63) is 53.7 Å². The van der Waals surface area contributed by atoms with Gasteiger partial charge in [-0.3, -0.25) is 4.90 Å². The van der Waals surface area contributed by atoms with E-state index in [4.69, 9.17) is 4.42 Å². The van der Waals surface area contributed by atoms with Crippen LogP contribution in [0.5, 0.6) is 0 Å². The monoisotopic (exact) mass is 288 g/mol. The van der Waals surface area contributed by atoms with E-state index in [2.05, 4.69) is 35.9 Å². The first kappa shape index (κ1) is 15.7. The molecule has 1 N–H and O–H groups in total. The number of aryl methyl sites for hydroxylation is 1. The molecule has 0 aliphatic heterocycles. The molecule has 0 saturated carbocycles. The molecule has 0 saturated heterocycles. The van der Waals surface area contributed by atoms with Crippen LogP contribution in [0, 0.1) is 12.8 Å². The minimum absolute atomic E-state index is 0.0809. The van der Waals surface area contributed by atoms with Gasteiger partial charge in [-0.1, -0.05) is 44.2 Å². The summed E-state index contributed by atoms with van der Waals surface area (Å²) in [5.41, 5.74) is 1.22. The molecule has 0 spiro atoms. The Kier molecular flexibility index (Phi) is 5.53. The number of rotatable bonds is 7. The lowest BCUT2D eigenvalue weighted by molar-refractivity contribution is 0.0711. The second kappa shape index (κ2) is 7.38. The standard InChI is InChI=1S/C17H24N2O2/c1-13(2)16(12-20)19(10-15-7-5-4-6-8-15)11-17-18-9-14(3)21-17/h4-9,13,16,20H,10-12H2,1-3H3. The van der Waals surface area contributed by atoms with E-state index in [0.717, 1.165) is 12.3 Å². The van der Waals surface area contributed by atoms with Crippen LogP contribution >= 0.6 is 0 Å². The van der Waals surface area contributed by atoms with Crippen LogP contribution in [0.15, 0.2) is 40.9 Å². The van der Waals surface area contributed by atoms with E-state index in [9.17, 15) is 5.11 Å². The van der Waals surface area contributed by atoms with Gasteiger partial charge in [0.2, 0.25) is 5.89 Å². The lowest BCUT2D eigenvalue weighted by atomic mass is 10.0. The van der Waals surface area contributed by atoms with Crippen LogP contribution in [0.4, 0.5) is 0 Å². The first-order chi connectivity index (χ1) is 10.1. The third-order valence-electron chi connectivity index (χ3n) is 3.66. The number of hydrogen-bond acceptors (Lipinski definition) is 4. The Bertz CT molecular complexity index is 537. The number of aromatic nitrogens is 1. The highest BCUT2D eigenvalue weighted by Gasteiger charge is 2.23. The summed E-state index contributed by atoms with van der Waals surface area (Å²) in [7, 11) is 0. The van der Waals surface area contributed by atoms with Gasteiger partial charge in [0.1, 0.15) is 5.76 Å². The van der Waals surface area contributed by atoms with Crippen molar-refractivity contribution in [3.63, 3.8) is 0 Å². The second-order valence-electron chi connectivity index (χ2n) is 5.75. The fourth-order valence-electron chi connectivity index (χ4n) is 2.50. The molecule has 4 heteroatoms. The van der Waals surface area contributed by atoms with E-state index in [1.54, 1.807) is 6.20 Å². The fourth-order valence-corrected chi connectivity index (χ4v) is 2.50. The van der Waals surface area contributed by atoms with Crippen molar-refractivity contribution >= 4 is 0 Å². The first-order valence-electron chi connectivity index (χ1n) is 7.40. The van der Waals surface area contributed by atoms with Gasteiger partial charge < -0.3 is 9.52 Å². The zero-order valence-electron chi connectivity index (χ0n) is 13.0. The van der Waals surface area contributed by atoms with E-state index >= 15 is 0 Å². The van der Waals surface area contributed by atoms with Crippen molar-refractivity contribution < 1.29 is 9.52 Å². The van der Waals surface area contributed by atoms with Gasteiger partial charge in [0.05, 0.1) is 19.3 Å². The molecule has 2 rings (SSSR count). The minimum Gasteiger partial charge on any atom is -0.445 e. The molecular weight excluding hydrogens is 264 g/mol. The van der Waals surface area contributed by atoms with Gasteiger partial charge >= 0.3 is 0 Å². The largest absolute Gasteiger partial charge is 0.445 e. The van der Waals surface area contributed by atoms with Crippen LogP contribution < -0.4 is 0 Å². The molecular formula is C17H24N2O2. The molecule has 1 aromatic carbocycles. The predicted molar refractivity (Wildman–Crippen MR) is 82.6 cm³/mol. The van der Waals surface area contributed by atoms with Gasteiger partial charge in [0.25, 0.3) is 0 Å². The molecule has 2 aromatic rings. The number of oxazole rings is 1. The summed E-state index contributed by atoms with van der Waals surface area (Å²) in [4.78, 5) is 6.51. The lowest BCUT2D eigenvalue weighted by Gasteiger charge is -2.32. The summed E-state index contributed by atoms with van der Waals surface area (Å²) in [6.07, 6.45) is 1.74. The average molecular weight is 288 g/mol. The van der Waals surface area contributed by atoms with Gasteiger partial charge in [-0.15, -0.1) is 0 Å². The highest BCUT2D eigenvalue weighted by atomic mass is 16.4. The molecule has 0 bridgehead atoms. The van der Waals surface area contributed by atoms with Crippen LogP contribution in [0.25, 0.3) is 0 Å². The molecule has 21 heavy (non-hydrogen) atoms. The molecule has 0 fully saturated rings. The highest BCUT2D eigenvalue weighted by molar-refractivity contribution is 5.14. The molecule has 1 unspecified atom stereocenters. The van der Waals surface area contributed by atoms with E-state index in [-0.39, 0.29) is 12.6 Å². The molecule has 0 aliphatic rings. The number of benzene rings is 1. The van der Waals surface area contributed by atoms with Gasteiger partial charge in [-0.25, -0.2) is 4.98 Å². The summed E-state index contributed by atoms with van der Waals surface area (Å²) in [6, 6.07) is 10.4. The molecule has 114 valence electrons. The van der Waals surface area contributed by atoms with Gasteiger partial charge in [-0.2, -0.15) is 0 Å². The summed E-state index contributed by atoms with van der Waals surface area (Å²) in [6.45, 7) is 7.64. The Hall–Kier alpha value is -1.65. The smallest absolute Gasteiger partial charge is 0.208 e. The molecule has 4 nitrogen and oxygen atoms in total. The molecule has 0 radical (unpaired) electrons.